The molecule has 3 aromatic heterocycles. The van der Waals surface area contributed by atoms with E-state index in [0.717, 1.165) is 28.0 Å². The molecule has 0 atom stereocenters. The Kier molecular flexibility index (Phi) is 4.75. The fourth-order valence-electron chi connectivity index (χ4n) is 4.38. The fourth-order valence-corrected chi connectivity index (χ4v) is 7.13. The Balaban J connectivity index is 1.42. The van der Waals surface area contributed by atoms with Crippen LogP contribution in [0.5, 0.6) is 0 Å². The van der Waals surface area contributed by atoms with E-state index in [0.29, 0.717) is 39.9 Å². The minimum absolute atomic E-state index is 0.0437. The van der Waals surface area contributed by atoms with Crippen molar-refractivity contribution in [3.63, 3.8) is 0 Å². The fraction of sp³-hybridized carbons (Fsp3) is 0.167. The van der Waals surface area contributed by atoms with E-state index in [9.17, 15) is 13.2 Å². The first-order valence-corrected chi connectivity index (χ1v) is 13.1. The van der Waals surface area contributed by atoms with Gasteiger partial charge in [-0.1, -0.05) is 48.5 Å². The van der Waals surface area contributed by atoms with Gasteiger partial charge in [0.05, 0.1) is 29.7 Å². The average molecular weight is 490 g/mol. The molecule has 0 bridgehead atoms. The van der Waals surface area contributed by atoms with Crippen molar-refractivity contribution in [1.82, 2.24) is 19.3 Å². The summed E-state index contributed by atoms with van der Waals surface area (Å²) in [6.45, 7) is 0.979. The summed E-state index contributed by atoms with van der Waals surface area (Å²) in [6.07, 6.45) is 3.47. The summed E-state index contributed by atoms with van der Waals surface area (Å²) in [4.78, 5) is 22.1. The first kappa shape index (κ1) is 20.9. The third-order valence-corrected chi connectivity index (χ3v) is 9.28. The molecule has 170 valence electrons. The van der Waals surface area contributed by atoms with Gasteiger partial charge in [-0.25, -0.2) is 18.1 Å². The van der Waals surface area contributed by atoms with Gasteiger partial charge in [0.1, 0.15) is 5.52 Å². The molecule has 0 fully saturated rings. The van der Waals surface area contributed by atoms with Crippen LogP contribution in [0.15, 0.2) is 68.9 Å². The molecule has 0 saturated carbocycles. The lowest BCUT2D eigenvalue weighted by Crippen LogP contribution is -2.25. The molecule has 8 nitrogen and oxygen atoms in total. The highest BCUT2D eigenvalue weighted by Crippen LogP contribution is 2.34. The monoisotopic (exact) mass is 489 g/mol. The van der Waals surface area contributed by atoms with Gasteiger partial charge in [-0.3, -0.25) is 9.79 Å². The van der Waals surface area contributed by atoms with E-state index in [-0.39, 0.29) is 15.7 Å². The largest absolute Gasteiger partial charge is 0.323 e. The summed E-state index contributed by atoms with van der Waals surface area (Å²) in [5.41, 5.74) is 4.54. The molecule has 0 unspecified atom stereocenters. The van der Waals surface area contributed by atoms with Crippen LogP contribution >= 0.6 is 11.3 Å². The second-order valence-electron chi connectivity index (χ2n) is 8.27. The quantitative estimate of drug-likeness (QED) is 0.377. The third-order valence-electron chi connectivity index (χ3n) is 6.06. The van der Waals surface area contributed by atoms with E-state index in [1.165, 1.54) is 4.68 Å². The molecule has 0 N–H and O–H groups in total. The molecule has 0 aliphatic carbocycles. The molecular weight excluding hydrogens is 470 g/mol. The lowest BCUT2D eigenvalue weighted by Gasteiger charge is -2.09. The zero-order valence-corrected chi connectivity index (χ0v) is 19.8. The maximum absolute atomic E-state index is 13.3. The summed E-state index contributed by atoms with van der Waals surface area (Å²) in [7, 11) is -1.88. The van der Waals surface area contributed by atoms with Crippen molar-refractivity contribution < 1.29 is 8.42 Å². The predicted octanol–water partition coefficient (Wildman–Crippen LogP) is 3.30. The van der Waals surface area contributed by atoms with Crippen LogP contribution in [-0.4, -0.2) is 34.0 Å². The summed E-state index contributed by atoms with van der Waals surface area (Å²) < 4.78 is 29.7. The van der Waals surface area contributed by atoms with Crippen molar-refractivity contribution in [3.05, 3.63) is 87.3 Å². The van der Waals surface area contributed by atoms with Gasteiger partial charge in [0.15, 0.2) is 5.65 Å². The van der Waals surface area contributed by atoms with E-state index >= 15 is 0 Å². The topological polar surface area (TPSA) is 99.2 Å². The molecule has 5 aromatic rings. The third kappa shape index (κ3) is 3.29. The molecule has 0 radical (unpaired) electrons. The van der Waals surface area contributed by atoms with Gasteiger partial charge in [0.2, 0.25) is 14.2 Å². The van der Waals surface area contributed by atoms with Crippen molar-refractivity contribution in [3.8, 4) is 0 Å². The number of thiazole rings is 1. The lowest BCUT2D eigenvalue weighted by atomic mass is 10.0. The number of hydrogen-bond donors (Lipinski definition) is 0. The zero-order chi connectivity index (χ0) is 23.4. The highest BCUT2D eigenvalue weighted by molar-refractivity contribution is 7.92. The molecule has 2 aromatic carbocycles. The van der Waals surface area contributed by atoms with Gasteiger partial charge < -0.3 is 4.57 Å². The van der Waals surface area contributed by atoms with Crippen LogP contribution in [0.3, 0.4) is 0 Å². The van der Waals surface area contributed by atoms with Gasteiger partial charge in [-0.2, -0.15) is 5.10 Å². The van der Waals surface area contributed by atoms with Crippen LogP contribution in [0.2, 0.25) is 0 Å². The van der Waals surface area contributed by atoms with Crippen molar-refractivity contribution in [2.24, 2.45) is 12.0 Å². The van der Waals surface area contributed by atoms with Crippen molar-refractivity contribution in [2.45, 2.75) is 23.2 Å². The van der Waals surface area contributed by atoms with Crippen molar-refractivity contribution in [1.29, 1.82) is 0 Å². The minimum Gasteiger partial charge on any atom is -0.323 e. The molecule has 1 aliphatic rings. The Hall–Kier alpha value is -3.63. The van der Waals surface area contributed by atoms with Crippen LogP contribution in [0, 0.1) is 0 Å². The summed E-state index contributed by atoms with van der Waals surface area (Å²) in [5, 5.41) is 5.01. The normalized spacial score (nSPS) is 13.2. The Labute approximate surface area is 198 Å². The molecule has 1 aliphatic heterocycles. The van der Waals surface area contributed by atoms with E-state index in [4.69, 9.17) is 0 Å². The number of aromatic nitrogens is 4. The van der Waals surface area contributed by atoms with E-state index in [2.05, 4.69) is 15.1 Å². The van der Waals surface area contributed by atoms with Crippen LogP contribution in [-0.2, 0) is 35.7 Å². The number of nitrogens with zero attached hydrogens (tertiary/aromatic N) is 5. The summed E-state index contributed by atoms with van der Waals surface area (Å²) >= 11 is 1.08. The Bertz CT molecular complexity index is 1780. The van der Waals surface area contributed by atoms with E-state index < -0.39 is 9.84 Å². The number of rotatable bonds is 5. The standard InChI is InChI=1S/C24H19N5O3S2/c1-28-20-19(12-26-29(23(20)30)13-17-9-5-8-16-10-25-11-18(16)17)21-22(28)27-24(33-21)34(31,32)14-15-6-3-2-4-7-15/h2-9,11-12H,10,13-14H2,1H3. The molecule has 34 heavy (non-hydrogen) atoms. The number of hydrogen-bond acceptors (Lipinski definition) is 7. The lowest BCUT2D eigenvalue weighted by molar-refractivity contribution is 0.594. The Morgan fingerprint density at radius 2 is 1.91 bits per heavy atom. The minimum atomic E-state index is -3.62. The van der Waals surface area contributed by atoms with Crippen LogP contribution in [0.25, 0.3) is 21.3 Å². The SMILES string of the molecule is Cn1c2nc(S(=O)(=O)Cc3ccccc3)sc2c2cnn(Cc3cccc4c3C=NC4)c(=O)c21. The number of benzene rings is 2. The maximum Gasteiger partial charge on any atom is 0.291 e. The molecule has 0 amide bonds. The Morgan fingerprint density at radius 3 is 2.74 bits per heavy atom. The predicted molar refractivity (Wildman–Crippen MR) is 132 cm³/mol. The zero-order valence-electron chi connectivity index (χ0n) is 18.2. The first-order chi connectivity index (χ1) is 16.4. The van der Waals surface area contributed by atoms with Crippen molar-refractivity contribution in [2.75, 3.05) is 0 Å². The average Bonchev–Trinajstić information content (AvgIpc) is 3.53. The maximum atomic E-state index is 13.3. The summed E-state index contributed by atoms with van der Waals surface area (Å²) in [5.74, 6) is -0.124. The van der Waals surface area contributed by atoms with Gasteiger partial charge >= 0.3 is 0 Å². The summed E-state index contributed by atoms with van der Waals surface area (Å²) in [6, 6.07) is 15.0. The van der Waals surface area contributed by atoms with E-state index in [1.807, 2.05) is 42.6 Å². The van der Waals surface area contributed by atoms with Crippen molar-refractivity contribution >= 4 is 48.6 Å². The van der Waals surface area contributed by atoms with Gasteiger partial charge in [0.25, 0.3) is 5.56 Å². The first-order valence-electron chi connectivity index (χ1n) is 10.6. The highest BCUT2D eigenvalue weighted by Gasteiger charge is 2.25. The molecule has 6 rings (SSSR count). The highest BCUT2D eigenvalue weighted by atomic mass is 32.2. The second-order valence-corrected chi connectivity index (χ2v) is 11.4. The molecule has 0 saturated heterocycles. The number of aliphatic imine (C=N–C) groups is 1. The van der Waals surface area contributed by atoms with Crippen LogP contribution in [0.4, 0.5) is 0 Å². The number of aryl methyl sites for hydroxylation is 1. The number of fused-ring (bicyclic) bond motifs is 4. The van der Waals surface area contributed by atoms with Crippen LogP contribution < -0.4 is 5.56 Å². The number of sulfone groups is 1. The molecule has 10 heteroatoms. The molecule has 0 spiro atoms. The Morgan fingerprint density at radius 1 is 1.09 bits per heavy atom. The molecular formula is C24H19N5O3S2. The van der Waals surface area contributed by atoms with Gasteiger partial charge in [-0.05, 0) is 16.7 Å². The molecule has 4 heterocycles. The van der Waals surface area contributed by atoms with Gasteiger partial charge in [0, 0.05) is 24.2 Å². The van der Waals surface area contributed by atoms with Gasteiger partial charge in [-0.15, -0.1) is 11.3 Å². The van der Waals surface area contributed by atoms with Crippen LogP contribution in [0.1, 0.15) is 22.3 Å². The second kappa shape index (κ2) is 7.71. The smallest absolute Gasteiger partial charge is 0.291 e. The van der Waals surface area contributed by atoms with E-state index in [1.54, 1.807) is 29.9 Å².